The molecule has 1 nitrogen and oxygen atoms in total. The van der Waals surface area contributed by atoms with Crippen molar-refractivity contribution in [3.05, 3.63) is 29.8 Å². The fraction of sp³-hybridized carbons (Fsp3) is 0.333. The Morgan fingerprint density at radius 3 is 2.75 bits per heavy atom. The van der Waals surface area contributed by atoms with Crippen LogP contribution < -0.4 is 5.19 Å². The van der Waals surface area contributed by atoms with Gasteiger partial charge in [0.2, 0.25) is 0 Å². The molecular formula is C9H10ClOSi. The molecule has 0 aromatic heterocycles. The zero-order valence-electron chi connectivity index (χ0n) is 6.88. The number of ether oxygens (including phenoxy) is 1. The highest BCUT2D eigenvalue weighted by atomic mass is 35.5. The molecule has 0 saturated carbocycles. The Morgan fingerprint density at radius 2 is 2.17 bits per heavy atom. The summed E-state index contributed by atoms with van der Waals surface area (Å²) in [6.07, 6.45) is 0. The molecule has 1 atom stereocenters. The molecule has 0 N–H and O–H groups in total. The number of benzene rings is 1. The molecule has 0 aliphatic rings. The van der Waals surface area contributed by atoms with E-state index in [1.54, 1.807) is 6.92 Å². The lowest BCUT2D eigenvalue weighted by molar-refractivity contribution is 0.106. The van der Waals surface area contributed by atoms with Crippen molar-refractivity contribution in [3.63, 3.8) is 0 Å². The topological polar surface area (TPSA) is 9.23 Å². The van der Waals surface area contributed by atoms with Crippen LogP contribution in [-0.2, 0) is 11.3 Å². The van der Waals surface area contributed by atoms with Crippen molar-refractivity contribution in [2.24, 2.45) is 0 Å². The summed E-state index contributed by atoms with van der Waals surface area (Å²) in [5.41, 5.74) is 0.873. The lowest BCUT2D eigenvalue weighted by Gasteiger charge is -2.07. The van der Waals surface area contributed by atoms with Crippen LogP contribution in [0.5, 0.6) is 0 Å². The van der Waals surface area contributed by atoms with Crippen LogP contribution in [0.1, 0.15) is 12.5 Å². The van der Waals surface area contributed by atoms with E-state index in [4.69, 9.17) is 16.3 Å². The second-order valence-corrected chi connectivity index (χ2v) is 3.66. The van der Waals surface area contributed by atoms with Gasteiger partial charge in [0.1, 0.15) is 5.56 Å². The van der Waals surface area contributed by atoms with Gasteiger partial charge in [-0.15, -0.1) is 0 Å². The molecule has 1 rings (SSSR count). The highest BCUT2D eigenvalue weighted by Crippen LogP contribution is 2.02. The SMILES string of the molecule is CC(Cl)OCc1ccccc1[Si]. The standard InChI is InChI=1S/C9H10ClOSi/c1-7(10)11-6-8-4-2-3-5-9(8)12/h2-5,7H,6H2,1H3. The molecule has 0 aliphatic carbocycles. The van der Waals surface area contributed by atoms with Crippen molar-refractivity contribution < 1.29 is 4.74 Å². The fourth-order valence-electron chi connectivity index (χ4n) is 0.851. The molecule has 0 amide bonds. The second kappa shape index (κ2) is 4.65. The van der Waals surface area contributed by atoms with Crippen molar-refractivity contribution in [2.45, 2.75) is 19.1 Å². The third-order valence-electron chi connectivity index (χ3n) is 1.49. The molecule has 1 aromatic rings. The van der Waals surface area contributed by atoms with E-state index in [0.29, 0.717) is 6.61 Å². The van der Waals surface area contributed by atoms with Gasteiger partial charge in [0.15, 0.2) is 0 Å². The van der Waals surface area contributed by atoms with E-state index in [9.17, 15) is 0 Å². The smallest absolute Gasteiger partial charge is 0.128 e. The normalized spacial score (nSPS) is 12.9. The Morgan fingerprint density at radius 1 is 1.50 bits per heavy atom. The minimum atomic E-state index is -0.240. The monoisotopic (exact) mass is 197 g/mol. The first-order chi connectivity index (χ1) is 5.70. The summed E-state index contributed by atoms with van der Waals surface area (Å²) >= 11 is 5.64. The predicted octanol–water partition coefficient (Wildman–Crippen LogP) is 1.58. The first-order valence-corrected chi connectivity index (χ1v) is 4.69. The molecule has 1 aromatic carbocycles. The minimum Gasteiger partial charge on any atom is -0.358 e. The molecule has 0 spiro atoms. The summed E-state index contributed by atoms with van der Waals surface area (Å²) in [5, 5.41) is 1.05. The molecule has 12 heavy (non-hydrogen) atoms. The molecule has 0 saturated heterocycles. The summed E-state index contributed by atoms with van der Waals surface area (Å²) in [5.74, 6) is 0. The third kappa shape index (κ3) is 2.97. The zero-order valence-corrected chi connectivity index (χ0v) is 8.64. The largest absolute Gasteiger partial charge is 0.358 e. The van der Waals surface area contributed by atoms with Crippen molar-refractivity contribution in [1.82, 2.24) is 0 Å². The van der Waals surface area contributed by atoms with Crippen LogP contribution in [-0.4, -0.2) is 15.8 Å². The maximum atomic E-state index is 5.64. The number of rotatable bonds is 3. The maximum Gasteiger partial charge on any atom is 0.128 e. The van der Waals surface area contributed by atoms with Crippen molar-refractivity contribution >= 4 is 27.0 Å². The maximum absolute atomic E-state index is 5.64. The summed E-state index contributed by atoms with van der Waals surface area (Å²) in [7, 11) is 3.47. The van der Waals surface area contributed by atoms with Crippen molar-refractivity contribution in [2.75, 3.05) is 0 Å². The molecule has 3 heteroatoms. The number of halogens is 1. The van der Waals surface area contributed by atoms with Gasteiger partial charge >= 0.3 is 0 Å². The third-order valence-corrected chi connectivity index (χ3v) is 2.10. The minimum absolute atomic E-state index is 0.240. The lowest BCUT2D eigenvalue weighted by Crippen LogP contribution is -2.12. The van der Waals surface area contributed by atoms with E-state index in [0.717, 1.165) is 10.8 Å². The summed E-state index contributed by atoms with van der Waals surface area (Å²) in [6, 6.07) is 7.92. The first-order valence-electron chi connectivity index (χ1n) is 3.75. The van der Waals surface area contributed by atoms with Gasteiger partial charge in [0.05, 0.1) is 16.8 Å². The molecule has 3 radical (unpaired) electrons. The van der Waals surface area contributed by atoms with Crippen LogP contribution in [0, 0.1) is 0 Å². The van der Waals surface area contributed by atoms with Crippen molar-refractivity contribution in [3.8, 4) is 0 Å². The van der Waals surface area contributed by atoms with Gasteiger partial charge in [-0.25, -0.2) is 0 Å². The Kier molecular flexibility index (Phi) is 3.79. The average Bonchev–Trinajstić information content (AvgIpc) is 2.03. The Balaban J connectivity index is 2.57. The Bertz CT molecular complexity index is 250. The summed E-state index contributed by atoms with van der Waals surface area (Å²) in [4.78, 5) is 0. The molecule has 0 bridgehead atoms. The van der Waals surface area contributed by atoms with Gasteiger partial charge in [0, 0.05) is 0 Å². The number of hydrogen-bond acceptors (Lipinski definition) is 1. The molecular weight excluding hydrogens is 188 g/mol. The first kappa shape index (κ1) is 9.77. The number of alkyl halides is 1. The highest BCUT2D eigenvalue weighted by molar-refractivity contribution is 6.33. The average molecular weight is 198 g/mol. The molecule has 0 aliphatic heterocycles. The number of hydrogen-bond donors (Lipinski definition) is 0. The fourth-order valence-corrected chi connectivity index (χ4v) is 1.17. The van der Waals surface area contributed by atoms with Gasteiger partial charge in [-0.1, -0.05) is 41.1 Å². The van der Waals surface area contributed by atoms with E-state index in [2.05, 4.69) is 10.2 Å². The van der Waals surface area contributed by atoms with E-state index >= 15 is 0 Å². The Labute approximate surface area is 81.1 Å². The second-order valence-electron chi connectivity index (χ2n) is 2.51. The van der Waals surface area contributed by atoms with Gasteiger partial charge in [-0.2, -0.15) is 0 Å². The van der Waals surface area contributed by atoms with Crippen LogP contribution in [0.15, 0.2) is 24.3 Å². The highest BCUT2D eigenvalue weighted by Gasteiger charge is 1.99. The molecule has 63 valence electrons. The molecule has 0 heterocycles. The lowest BCUT2D eigenvalue weighted by atomic mass is 10.2. The van der Waals surface area contributed by atoms with Crippen LogP contribution in [0.2, 0.25) is 0 Å². The Hall–Kier alpha value is -0.313. The van der Waals surface area contributed by atoms with Crippen LogP contribution >= 0.6 is 11.6 Å². The molecule has 0 fully saturated rings. The van der Waals surface area contributed by atoms with Crippen LogP contribution in [0.25, 0.3) is 0 Å². The van der Waals surface area contributed by atoms with E-state index in [1.165, 1.54) is 0 Å². The zero-order chi connectivity index (χ0) is 8.97. The van der Waals surface area contributed by atoms with E-state index in [1.807, 2.05) is 24.3 Å². The van der Waals surface area contributed by atoms with Gasteiger partial charge < -0.3 is 4.74 Å². The van der Waals surface area contributed by atoms with Gasteiger partial charge in [0.25, 0.3) is 0 Å². The summed E-state index contributed by atoms with van der Waals surface area (Å²) in [6.45, 7) is 2.35. The van der Waals surface area contributed by atoms with Gasteiger partial charge in [-0.3, -0.25) is 0 Å². The van der Waals surface area contributed by atoms with Crippen LogP contribution in [0.3, 0.4) is 0 Å². The summed E-state index contributed by atoms with van der Waals surface area (Å²) < 4.78 is 5.24. The quantitative estimate of drug-likeness (QED) is 0.528. The van der Waals surface area contributed by atoms with Gasteiger partial charge in [-0.05, 0) is 12.5 Å². The predicted molar refractivity (Wildman–Crippen MR) is 51.9 cm³/mol. The van der Waals surface area contributed by atoms with E-state index < -0.39 is 0 Å². The van der Waals surface area contributed by atoms with Crippen LogP contribution in [0.4, 0.5) is 0 Å². The van der Waals surface area contributed by atoms with E-state index in [-0.39, 0.29) is 5.56 Å². The molecule has 1 unspecified atom stereocenters. The van der Waals surface area contributed by atoms with Crippen molar-refractivity contribution in [1.29, 1.82) is 0 Å².